The van der Waals surface area contributed by atoms with E-state index < -0.39 is 4.92 Å². The summed E-state index contributed by atoms with van der Waals surface area (Å²) in [5, 5.41) is 14.0. The molecular formula is C9H12BrN3O3. The molecule has 0 aromatic carbocycles. The van der Waals surface area contributed by atoms with E-state index in [4.69, 9.17) is 0 Å². The minimum absolute atomic E-state index is 0.0758. The summed E-state index contributed by atoms with van der Waals surface area (Å²) in [5.74, 6) is -0.295. The van der Waals surface area contributed by atoms with E-state index in [1.165, 1.54) is 16.8 Å². The van der Waals surface area contributed by atoms with Gasteiger partial charge in [0.15, 0.2) is 0 Å². The first kappa shape index (κ1) is 12.7. The molecule has 1 N–H and O–H groups in total. The van der Waals surface area contributed by atoms with Gasteiger partial charge < -0.3 is 9.88 Å². The van der Waals surface area contributed by atoms with Crippen molar-refractivity contribution in [3.05, 3.63) is 28.1 Å². The van der Waals surface area contributed by atoms with Gasteiger partial charge in [-0.2, -0.15) is 0 Å². The van der Waals surface area contributed by atoms with Crippen LogP contribution in [0.3, 0.4) is 0 Å². The molecule has 1 rings (SSSR count). The third-order valence-corrected chi connectivity index (χ3v) is 2.59. The molecule has 0 aliphatic carbocycles. The fraction of sp³-hybridized carbons (Fsp3) is 0.444. The normalized spacial score (nSPS) is 10.1. The van der Waals surface area contributed by atoms with Crippen molar-refractivity contribution in [2.24, 2.45) is 7.05 Å². The fourth-order valence-electron chi connectivity index (χ4n) is 1.23. The highest BCUT2D eigenvalue weighted by atomic mass is 79.9. The van der Waals surface area contributed by atoms with Gasteiger partial charge in [-0.1, -0.05) is 15.9 Å². The lowest BCUT2D eigenvalue weighted by molar-refractivity contribution is -0.384. The summed E-state index contributed by atoms with van der Waals surface area (Å²) in [7, 11) is 1.60. The van der Waals surface area contributed by atoms with E-state index in [0.29, 0.717) is 12.2 Å². The Hall–Kier alpha value is -1.37. The zero-order valence-electron chi connectivity index (χ0n) is 8.77. The lowest BCUT2D eigenvalue weighted by Gasteiger charge is -2.03. The van der Waals surface area contributed by atoms with Crippen LogP contribution in [0.5, 0.6) is 0 Å². The van der Waals surface area contributed by atoms with Crippen LogP contribution in [0.4, 0.5) is 5.69 Å². The largest absolute Gasteiger partial charge is 0.351 e. The second-order valence-corrected chi connectivity index (χ2v) is 4.04. The molecule has 88 valence electrons. The molecule has 0 aliphatic rings. The smallest absolute Gasteiger partial charge is 0.287 e. The van der Waals surface area contributed by atoms with Crippen LogP contribution in [0.2, 0.25) is 0 Å². The van der Waals surface area contributed by atoms with E-state index in [-0.39, 0.29) is 11.6 Å². The van der Waals surface area contributed by atoms with E-state index in [9.17, 15) is 14.9 Å². The molecule has 0 atom stereocenters. The number of aryl methyl sites for hydroxylation is 1. The molecular weight excluding hydrogens is 278 g/mol. The lowest BCUT2D eigenvalue weighted by atomic mass is 10.3. The van der Waals surface area contributed by atoms with Crippen LogP contribution in [-0.4, -0.2) is 27.3 Å². The van der Waals surface area contributed by atoms with Crippen molar-refractivity contribution in [3.8, 4) is 0 Å². The summed E-state index contributed by atoms with van der Waals surface area (Å²) >= 11 is 3.25. The van der Waals surface area contributed by atoms with Crippen molar-refractivity contribution in [2.75, 3.05) is 11.9 Å². The van der Waals surface area contributed by atoms with Gasteiger partial charge >= 0.3 is 0 Å². The average molecular weight is 290 g/mol. The van der Waals surface area contributed by atoms with Crippen molar-refractivity contribution in [1.29, 1.82) is 0 Å². The Labute approximate surface area is 101 Å². The van der Waals surface area contributed by atoms with Gasteiger partial charge in [-0.25, -0.2) is 0 Å². The highest BCUT2D eigenvalue weighted by Crippen LogP contribution is 2.14. The van der Waals surface area contributed by atoms with E-state index in [0.717, 1.165) is 11.8 Å². The predicted octanol–water partition coefficient (Wildman–Crippen LogP) is 1.45. The molecule has 0 unspecified atom stereocenters. The number of nitrogens with zero attached hydrogens (tertiary/aromatic N) is 2. The van der Waals surface area contributed by atoms with Crippen molar-refractivity contribution in [3.63, 3.8) is 0 Å². The van der Waals surface area contributed by atoms with Crippen LogP contribution in [0, 0.1) is 10.1 Å². The zero-order valence-corrected chi connectivity index (χ0v) is 10.4. The summed E-state index contributed by atoms with van der Waals surface area (Å²) in [6, 6.07) is 1.27. The molecule has 0 bridgehead atoms. The molecule has 16 heavy (non-hydrogen) atoms. The van der Waals surface area contributed by atoms with Gasteiger partial charge in [-0.3, -0.25) is 14.9 Å². The Morgan fingerprint density at radius 1 is 1.69 bits per heavy atom. The van der Waals surface area contributed by atoms with Gasteiger partial charge in [0.25, 0.3) is 11.6 Å². The second kappa shape index (κ2) is 5.64. The first-order valence-electron chi connectivity index (χ1n) is 4.71. The van der Waals surface area contributed by atoms with Crippen LogP contribution in [-0.2, 0) is 7.05 Å². The Bertz CT molecular complexity index is 403. The Kier molecular flexibility index (Phi) is 4.48. The molecule has 0 spiro atoms. The minimum Gasteiger partial charge on any atom is -0.351 e. The second-order valence-electron chi connectivity index (χ2n) is 3.25. The number of hydrogen-bond donors (Lipinski definition) is 1. The van der Waals surface area contributed by atoms with Gasteiger partial charge in [0.2, 0.25) is 0 Å². The summed E-state index contributed by atoms with van der Waals surface area (Å²) in [6.07, 6.45) is 2.14. The van der Waals surface area contributed by atoms with Crippen molar-refractivity contribution in [2.45, 2.75) is 6.42 Å². The number of nitrogens with one attached hydrogen (secondary N) is 1. The monoisotopic (exact) mass is 289 g/mol. The predicted molar refractivity (Wildman–Crippen MR) is 62.8 cm³/mol. The molecule has 0 radical (unpaired) electrons. The molecule has 6 nitrogen and oxygen atoms in total. The lowest BCUT2D eigenvalue weighted by Crippen LogP contribution is -2.26. The maximum atomic E-state index is 11.6. The molecule has 0 fully saturated rings. The summed E-state index contributed by atoms with van der Waals surface area (Å²) in [5.41, 5.74) is 0.217. The van der Waals surface area contributed by atoms with Crippen LogP contribution >= 0.6 is 15.9 Å². The molecule has 7 heteroatoms. The van der Waals surface area contributed by atoms with Crippen LogP contribution < -0.4 is 5.32 Å². The summed E-state index contributed by atoms with van der Waals surface area (Å²) in [6.45, 7) is 0.545. The van der Waals surface area contributed by atoms with Gasteiger partial charge in [-0.05, 0) is 6.42 Å². The highest BCUT2D eigenvalue weighted by Gasteiger charge is 2.16. The van der Waals surface area contributed by atoms with Gasteiger partial charge in [0.1, 0.15) is 5.69 Å². The number of carbonyl (C=O) groups excluding carboxylic acids is 1. The van der Waals surface area contributed by atoms with Crippen LogP contribution in [0.25, 0.3) is 0 Å². The Balaban J connectivity index is 2.71. The minimum atomic E-state index is -0.519. The molecule has 0 saturated carbocycles. The van der Waals surface area contributed by atoms with Gasteiger partial charge in [0.05, 0.1) is 11.1 Å². The number of nitro groups is 1. The Morgan fingerprint density at radius 2 is 2.38 bits per heavy atom. The van der Waals surface area contributed by atoms with E-state index in [2.05, 4.69) is 21.2 Å². The molecule has 1 amide bonds. The van der Waals surface area contributed by atoms with Crippen molar-refractivity contribution < 1.29 is 9.72 Å². The van der Waals surface area contributed by atoms with Crippen molar-refractivity contribution in [1.82, 2.24) is 9.88 Å². The molecule has 1 aromatic rings. The molecule has 0 aliphatic heterocycles. The third kappa shape index (κ3) is 3.06. The van der Waals surface area contributed by atoms with E-state index in [1.54, 1.807) is 7.05 Å². The fourth-order valence-corrected chi connectivity index (χ4v) is 1.51. The number of hydrogen-bond acceptors (Lipinski definition) is 3. The van der Waals surface area contributed by atoms with E-state index >= 15 is 0 Å². The number of alkyl halides is 1. The highest BCUT2D eigenvalue weighted by molar-refractivity contribution is 9.09. The number of amides is 1. The first-order chi connectivity index (χ1) is 7.56. The molecule has 0 saturated heterocycles. The number of halogens is 1. The number of carbonyl (C=O) groups is 1. The van der Waals surface area contributed by atoms with Crippen LogP contribution in [0.1, 0.15) is 16.9 Å². The maximum Gasteiger partial charge on any atom is 0.287 e. The molecule has 1 heterocycles. The van der Waals surface area contributed by atoms with E-state index in [1.807, 2.05) is 0 Å². The van der Waals surface area contributed by atoms with Crippen LogP contribution in [0.15, 0.2) is 12.3 Å². The topological polar surface area (TPSA) is 77.2 Å². The quantitative estimate of drug-likeness (QED) is 0.386. The number of rotatable bonds is 5. The summed E-state index contributed by atoms with van der Waals surface area (Å²) < 4.78 is 1.45. The van der Waals surface area contributed by atoms with Gasteiger partial charge in [0, 0.05) is 25.0 Å². The van der Waals surface area contributed by atoms with Crippen molar-refractivity contribution >= 4 is 27.5 Å². The standard InChI is InChI=1S/C9H12BrN3O3/c1-12-6-7(13(15)16)5-8(12)9(14)11-4-2-3-10/h5-6H,2-4H2,1H3,(H,11,14). The number of aromatic nitrogens is 1. The third-order valence-electron chi connectivity index (χ3n) is 2.03. The summed E-state index contributed by atoms with van der Waals surface area (Å²) in [4.78, 5) is 21.6. The SMILES string of the molecule is Cn1cc([N+](=O)[O-])cc1C(=O)NCCCBr. The average Bonchev–Trinajstić information content (AvgIpc) is 2.61. The molecule has 1 aromatic heterocycles. The Morgan fingerprint density at radius 3 is 2.88 bits per heavy atom. The zero-order chi connectivity index (χ0) is 12.1. The first-order valence-corrected chi connectivity index (χ1v) is 5.83. The van der Waals surface area contributed by atoms with Gasteiger partial charge in [-0.15, -0.1) is 0 Å². The maximum absolute atomic E-state index is 11.6.